The van der Waals surface area contributed by atoms with Crippen LogP contribution in [0.25, 0.3) is 0 Å². The van der Waals surface area contributed by atoms with Gasteiger partial charge in [-0.1, -0.05) is 6.92 Å². The summed E-state index contributed by atoms with van der Waals surface area (Å²) >= 11 is 0. The molecule has 1 fully saturated rings. The van der Waals surface area contributed by atoms with Crippen LogP contribution in [-0.4, -0.2) is 19.1 Å². The summed E-state index contributed by atoms with van der Waals surface area (Å²) in [5.41, 5.74) is 2.09. The van der Waals surface area contributed by atoms with E-state index in [4.69, 9.17) is 4.74 Å². The van der Waals surface area contributed by atoms with Gasteiger partial charge in [-0.25, -0.2) is 0 Å². The summed E-state index contributed by atoms with van der Waals surface area (Å²) in [4.78, 5) is 11.1. The van der Waals surface area contributed by atoms with Crippen LogP contribution in [0.3, 0.4) is 0 Å². The van der Waals surface area contributed by atoms with Gasteiger partial charge in [0.1, 0.15) is 5.75 Å². The predicted octanol–water partition coefficient (Wildman–Crippen LogP) is 3.25. The van der Waals surface area contributed by atoms with Crippen molar-refractivity contribution in [2.24, 2.45) is 5.41 Å². The lowest BCUT2D eigenvalue weighted by Gasteiger charge is -2.23. The molecule has 1 aliphatic rings. The van der Waals surface area contributed by atoms with Crippen LogP contribution in [0.4, 0.5) is 11.4 Å². The average Bonchev–Trinajstić information content (AvgIpc) is 3.08. The van der Waals surface area contributed by atoms with Gasteiger partial charge in [0.2, 0.25) is 5.91 Å². The number of carbonyl (C=O) groups excluding carboxylic acids is 1. The highest BCUT2D eigenvalue weighted by Crippen LogP contribution is 2.49. The van der Waals surface area contributed by atoms with Gasteiger partial charge in [0.05, 0.1) is 12.8 Å². The van der Waals surface area contributed by atoms with Crippen molar-refractivity contribution in [2.45, 2.75) is 39.7 Å². The van der Waals surface area contributed by atoms with Gasteiger partial charge in [-0.05, 0) is 43.4 Å². The Balaban J connectivity index is 2.18. The van der Waals surface area contributed by atoms with E-state index in [-0.39, 0.29) is 5.91 Å². The number of nitrogens with one attached hydrogen (secondary N) is 2. The van der Waals surface area contributed by atoms with Gasteiger partial charge >= 0.3 is 0 Å². The van der Waals surface area contributed by atoms with E-state index in [1.807, 2.05) is 18.2 Å². The molecule has 1 aromatic rings. The molecular weight excluding hydrogens is 240 g/mol. The van der Waals surface area contributed by atoms with E-state index < -0.39 is 0 Å². The zero-order valence-corrected chi connectivity index (χ0v) is 12.0. The molecule has 0 bridgehead atoms. The second-order valence-corrected chi connectivity index (χ2v) is 5.62. The SMILES string of the molecule is COc1ccc(NC(C)=O)cc1NC(C)C1(C)CC1. The van der Waals surface area contributed by atoms with Crippen molar-refractivity contribution >= 4 is 17.3 Å². The Morgan fingerprint density at radius 3 is 2.63 bits per heavy atom. The van der Waals surface area contributed by atoms with Gasteiger partial charge in [0.15, 0.2) is 0 Å². The Labute approximate surface area is 114 Å². The van der Waals surface area contributed by atoms with Crippen molar-refractivity contribution in [2.75, 3.05) is 17.7 Å². The summed E-state index contributed by atoms with van der Waals surface area (Å²) in [6.07, 6.45) is 2.52. The van der Waals surface area contributed by atoms with Gasteiger partial charge in [0, 0.05) is 18.7 Å². The van der Waals surface area contributed by atoms with Crippen molar-refractivity contribution in [1.82, 2.24) is 0 Å². The van der Waals surface area contributed by atoms with Crippen LogP contribution in [0, 0.1) is 5.41 Å². The van der Waals surface area contributed by atoms with E-state index in [0.29, 0.717) is 11.5 Å². The molecule has 0 radical (unpaired) electrons. The summed E-state index contributed by atoms with van der Waals surface area (Å²) in [5, 5.41) is 6.29. The van der Waals surface area contributed by atoms with Crippen LogP contribution < -0.4 is 15.4 Å². The summed E-state index contributed by atoms with van der Waals surface area (Å²) < 4.78 is 5.36. The lowest BCUT2D eigenvalue weighted by atomic mass is 10.0. The normalized spacial score (nSPS) is 17.5. The Morgan fingerprint density at radius 2 is 2.11 bits per heavy atom. The van der Waals surface area contributed by atoms with Crippen molar-refractivity contribution in [3.05, 3.63) is 18.2 Å². The zero-order valence-electron chi connectivity index (χ0n) is 12.0. The second-order valence-electron chi connectivity index (χ2n) is 5.62. The van der Waals surface area contributed by atoms with Gasteiger partial charge in [-0.2, -0.15) is 0 Å². The summed E-state index contributed by atoms with van der Waals surface area (Å²) in [6, 6.07) is 6.02. The van der Waals surface area contributed by atoms with Crippen LogP contribution in [0.15, 0.2) is 18.2 Å². The highest BCUT2D eigenvalue weighted by molar-refractivity contribution is 5.89. The number of methoxy groups -OCH3 is 1. The van der Waals surface area contributed by atoms with Crippen LogP contribution in [0.5, 0.6) is 5.75 Å². The van der Waals surface area contributed by atoms with Crippen LogP contribution in [-0.2, 0) is 4.79 Å². The third-order valence-electron chi connectivity index (χ3n) is 3.98. The number of anilines is 2. The zero-order chi connectivity index (χ0) is 14.0. The molecule has 1 saturated carbocycles. The van der Waals surface area contributed by atoms with Gasteiger partial charge < -0.3 is 15.4 Å². The molecule has 2 N–H and O–H groups in total. The van der Waals surface area contributed by atoms with Crippen molar-refractivity contribution in [1.29, 1.82) is 0 Å². The smallest absolute Gasteiger partial charge is 0.221 e. The van der Waals surface area contributed by atoms with Gasteiger partial charge in [0.25, 0.3) is 0 Å². The molecule has 4 nitrogen and oxygen atoms in total. The second kappa shape index (κ2) is 5.11. The first-order valence-corrected chi connectivity index (χ1v) is 6.67. The van der Waals surface area contributed by atoms with E-state index in [2.05, 4.69) is 24.5 Å². The lowest BCUT2D eigenvalue weighted by Crippen LogP contribution is -2.25. The minimum absolute atomic E-state index is 0.0710. The summed E-state index contributed by atoms with van der Waals surface area (Å²) in [7, 11) is 1.65. The molecule has 1 unspecified atom stereocenters. The summed E-state index contributed by atoms with van der Waals surface area (Å²) in [5.74, 6) is 0.725. The maximum atomic E-state index is 11.1. The molecule has 104 valence electrons. The number of benzene rings is 1. The Kier molecular flexibility index (Phi) is 3.69. The van der Waals surface area contributed by atoms with E-state index in [1.54, 1.807) is 7.11 Å². The molecule has 2 rings (SSSR count). The Hall–Kier alpha value is -1.71. The number of hydrogen-bond donors (Lipinski definition) is 2. The minimum atomic E-state index is -0.0710. The molecule has 1 amide bonds. The molecule has 0 spiro atoms. The topological polar surface area (TPSA) is 50.4 Å². The third-order valence-corrected chi connectivity index (χ3v) is 3.98. The van der Waals surface area contributed by atoms with Crippen LogP contribution in [0.2, 0.25) is 0 Å². The van der Waals surface area contributed by atoms with Crippen LogP contribution >= 0.6 is 0 Å². The van der Waals surface area contributed by atoms with Crippen molar-refractivity contribution in [3.63, 3.8) is 0 Å². The van der Waals surface area contributed by atoms with E-state index in [1.165, 1.54) is 19.8 Å². The molecule has 0 saturated heterocycles. The highest BCUT2D eigenvalue weighted by atomic mass is 16.5. The fraction of sp³-hybridized carbons (Fsp3) is 0.533. The van der Waals surface area contributed by atoms with Crippen molar-refractivity contribution < 1.29 is 9.53 Å². The van der Waals surface area contributed by atoms with Crippen molar-refractivity contribution in [3.8, 4) is 5.75 Å². The third kappa shape index (κ3) is 3.19. The first-order chi connectivity index (χ1) is 8.94. The maximum Gasteiger partial charge on any atom is 0.221 e. The molecule has 0 aliphatic heterocycles. The Bertz CT molecular complexity index is 481. The number of ether oxygens (including phenoxy) is 1. The molecule has 1 aliphatic carbocycles. The first kappa shape index (κ1) is 13.7. The minimum Gasteiger partial charge on any atom is -0.495 e. The molecule has 0 aromatic heterocycles. The first-order valence-electron chi connectivity index (χ1n) is 6.67. The maximum absolute atomic E-state index is 11.1. The molecule has 1 aromatic carbocycles. The number of carbonyl (C=O) groups is 1. The van der Waals surface area contributed by atoms with E-state index in [9.17, 15) is 4.79 Å². The average molecular weight is 262 g/mol. The van der Waals surface area contributed by atoms with Crippen LogP contribution in [0.1, 0.15) is 33.6 Å². The number of amides is 1. The monoisotopic (exact) mass is 262 g/mol. The molecule has 0 heterocycles. The highest BCUT2D eigenvalue weighted by Gasteiger charge is 2.42. The summed E-state index contributed by atoms with van der Waals surface area (Å²) in [6.45, 7) is 5.98. The van der Waals surface area contributed by atoms with E-state index >= 15 is 0 Å². The molecule has 1 atom stereocenters. The molecular formula is C15H22N2O2. The van der Waals surface area contributed by atoms with Gasteiger partial charge in [-0.3, -0.25) is 4.79 Å². The molecule has 19 heavy (non-hydrogen) atoms. The standard InChI is InChI=1S/C15H22N2O2/c1-10(15(3)7-8-15)16-13-9-12(17-11(2)18)5-6-14(13)19-4/h5-6,9-10,16H,7-8H2,1-4H3,(H,17,18). The lowest BCUT2D eigenvalue weighted by molar-refractivity contribution is -0.114. The number of hydrogen-bond acceptors (Lipinski definition) is 3. The van der Waals surface area contributed by atoms with E-state index in [0.717, 1.165) is 17.1 Å². The predicted molar refractivity (Wildman–Crippen MR) is 77.7 cm³/mol. The quantitative estimate of drug-likeness (QED) is 0.856. The fourth-order valence-corrected chi connectivity index (χ4v) is 2.14. The Morgan fingerprint density at radius 1 is 1.42 bits per heavy atom. The fourth-order valence-electron chi connectivity index (χ4n) is 2.14. The molecule has 4 heteroatoms. The number of rotatable bonds is 5. The largest absolute Gasteiger partial charge is 0.495 e. The van der Waals surface area contributed by atoms with Gasteiger partial charge in [-0.15, -0.1) is 0 Å².